The second kappa shape index (κ2) is 6.23. The molecule has 1 aliphatic rings. The Hall–Kier alpha value is -1.64. The molecule has 0 aliphatic carbocycles. The molecule has 1 saturated heterocycles. The summed E-state index contributed by atoms with van der Waals surface area (Å²) in [4.78, 5) is 3.95. The van der Waals surface area contributed by atoms with Crippen LogP contribution in [0.2, 0.25) is 0 Å². The van der Waals surface area contributed by atoms with Crippen LogP contribution >= 0.6 is 11.3 Å². The predicted octanol–water partition coefficient (Wildman–Crippen LogP) is 5.21. The van der Waals surface area contributed by atoms with Crippen molar-refractivity contribution in [1.82, 2.24) is 4.90 Å². The fourth-order valence-electron chi connectivity index (χ4n) is 3.25. The fourth-order valence-corrected chi connectivity index (χ4v) is 4.32. The average Bonchev–Trinajstić information content (AvgIpc) is 3.22. The molecule has 0 spiro atoms. The molecule has 2 heteroatoms. The van der Waals surface area contributed by atoms with Crippen LogP contribution in [0.5, 0.6) is 0 Å². The normalized spacial score (nSPS) is 15.6. The Kier molecular flexibility index (Phi) is 3.96. The highest BCUT2D eigenvalue weighted by Gasteiger charge is 2.11. The van der Waals surface area contributed by atoms with Crippen molar-refractivity contribution in [2.24, 2.45) is 0 Å². The highest BCUT2D eigenvalue weighted by molar-refractivity contribution is 7.22. The van der Waals surface area contributed by atoms with E-state index in [1.165, 1.54) is 65.0 Å². The number of fused-ring (bicyclic) bond motifs is 1. The summed E-state index contributed by atoms with van der Waals surface area (Å²) in [5.41, 5.74) is 2.79. The van der Waals surface area contributed by atoms with Crippen molar-refractivity contribution in [3.63, 3.8) is 0 Å². The summed E-state index contributed by atoms with van der Waals surface area (Å²) in [6.45, 7) is 3.79. The van der Waals surface area contributed by atoms with Crippen LogP contribution in [0, 0.1) is 0 Å². The first-order valence-electron chi connectivity index (χ1n) is 8.19. The van der Waals surface area contributed by atoms with Crippen LogP contribution < -0.4 is 0 Å². The quantitative estimate of drug-likeness (QED) is 0.640. The first-order chi connectivity index (χ1) is 10.9. The third-order valence-corrected chi connectivity index (χ3v) is 5.74. The Bertz CT molecular complexity index is 718. The molecule has 1 aliphatic heterocycles. The van der Waals surface area contributed by atoms with Crippen molar-refractivity contribution in [2.45, 2.75) is 19.3 Å². The van der Waals surface area contributed by atoms with E-state index in [9.17, 15) is 0 Å². The summed E-state index contributed by atoms with van der Waals surface area (Å²) >= 11 is 1.88. The topological polar surface area (TPSA) is 3.24 Å². The summed E-state index contributed by atoms with van der Waals surface area (Å²) in [6.07, 6.45) is 3.93. The van der Waals surface area contributed by atoms with Gasteiger partial charge in [0.15, 0.2) is 0 Å². The molecule has 0 N–H and O–H groups in total. The van der Waals surface area contributed by atoms with E-state index in [0.29, 0.717) is 0 Å². The van der Waals surface area contributed by atoms with E-state index in [2.05, 4.69) is 59.5 Å². The van der Waals surface area contributed by atoms with Gasteiger partial charge in [-0.1, -0.05) is 42.5 Å². The van der Waals surface area contributed by atoms with Crippen molar-refractivity contribution in [1.29, 1.82) is 0 Å². The Morgan fingerprint density at radius 1 is 0.909 bits per heavy atom. The standard InChI is InChI=1S/C20H21NS/c1-2-6-19-18(5-1)15-20(22-19)17-9-7-16(8-10-17)11-14-21-12-3-4-13-21/h1-2,5-10,15H,3-4,11-14H2. The fraction of sp³-hybridized carbons (Fsp3) is 0.300. The summed E-state index contributed by atoms with van der Waals surface area (Å²) in [6, 6.07) is 20.1. The molecule has 4 rings (SSSR count). The van der Waals surface area contributed by atoms with Gasteiger partial charge in [0.2, 0.25) is 0 Å². The molecule has 2 aromatic carbocycles. The molecule has 1 fully saturated rings. The minimum absolute atomic E-state index is 1.17. The van der Waals surface area contributed by atoms with Crippen molar-refractivity contribution in [3.8, 4) is 10.4 Å². The number of thiophene rings is 1. The van der Waals surface area contributed by atoms with Crippen LogP contribution in [-0.2, 0) is 6.42 Å². The molecule has 0 radical (unpaired) electrons. The molecule has 0 amide bonds. The summed E-state index contributed by atoms with van der Waals surface area (Å²) in [5.74, 6) is 0. The third kappa shape index (κ3) is 2.94. The smallest absolute Gasteiger partial charge is 0.0355 e. The van der Waals surface area contributed by atoms with Gasteiger partial charge in [-0.2, -0.15) is 0 Å². The molecule has 0 bridgehead atoms. The van der Waals surface area contributed by atoms with Gasteiger partial charge in [-0.15, -0.1) is 11.3 Å². The molecule has 0 unspecified atom stereocenters. The van der Waals surface area contributed by atoms with Crippen LogP contribution in [0.15, 0.2) is 54.6 Å². The molecule has 0 saturated carbocycles. The summed E-state index contributed by atoms with van der Waals surface area (Å²) in [7, 11) is 0. The van der Waals surface area contributed by atoms with Gasteiger partial charge in [0.05, 0.1) is 0 Å². The minimum Gasteiger partial charge on any atom is -0.303 e. The molecule has 1 aromatic heterocycles. The van der Waals surface area contributed by atoms with Crippen molar-refractivity contribution in [3.05, 3.63) is 60.2 Å². The molecule has 2 heterocycles. The number of nitrogens with zero attached hydrogens (tertiary/aromatic N) is 1. The summed E-state index contributed by atoms with van der Waals surface area (Å²) < 4.78 is 1.37. The molecule has 1 nitrogen and oxygen atoms in total. The van der Waals surface area contributed by atoms with Crippen molar-refractivity contribution < 1.29 is 0 Å². The first-order valence-corrected chi connectivity index (χ1v) is 9.00. The zero-order valence-electron chi connectivity index (χ0n) is 12.8. The first kappa shape index (κ1) is 14.0. The SMILES string of the molecule is c1ccc2sc(-c3ccc(CCN4CCCC4)cc3)cc2c1. The Morgan fingerprint density at radius 3 is 2.45 bits per heavy atom. The van der Waals surface area contributed by atoms with E-state index >= 15 is 0 Å². The second-order valence-electron chi connectivity index (χ2n) is 6.14. The van der Waals surface area contributed by atoms with E-state index in [0.717, 1.165) is 0 Å². The van der Waals surface area contributed by atoms with Gasteiger partial charge in [0.25, 0.3) is 0 Å². The molecule has 0 atom stereocenters. The van der Waals surface area contributed by atoms with Gasteiger partial charge in [0, 0.05) is 16.1 Å². The molecular formula is C20H21NS. The number of rotatable bonds is 4. The average molecular weight is 307 g/mol. The zero-order chi connectivity index (χ0) is 14.8. The monoisotopic (exact) mass is 307 g/mol. The third-order valence-electron chi connectivity index (χ3n) is 4.58. The predicted molar refractivity (Wildman–Crippen MR) is 96.6 cm³/mol. The lowest BCUT2D eigenvalue weighted by molar-refractivity contribution is 0.343. The van der Waals surface area contributed by atoms with Crippen molar-refractivity contribution in [2.75, 3.05) is 19.6 Å². The van der Waals surface area contributed by atoms with E-state index in [4.69, 9.17) is 0 Å². The van der Waals surface area contributed by atoms with Gasteiger partial charge < -0.3 is 4.90 Å². The highest BCUT2D eigenvalue weighted by atomic mass is 32.1. The Balaban J connectivity index is 1.48. The lowest BCUT2D eigenvalue weighted by Gasteiger charge is -2.14. The maximum absolute atomic E-state index is 2.58. The van der Waals surface area contributed by atoms with E-state index < -0.39 is 0 Å². The lowest BCUT2D eigenvalue weighted by atomic mass is 10.1. The van der Waals surface area contributed by atoms with Gasteiger partial charge >= 0.3 is 0 Å². The Labute approximate surface area is 136 Å². The largest absolute Gasteiger partial charge is 0.303 e. The molecule has 22 heavy (non-hydrogen) atoms. The number of hydrogen-bond acceptors (Lipinski definition) is 2. The van der Waals surface area contributed by atoms with Crippen LogP contribution in [0.3, 0.4) is 0 Å². The summed E-state index contributed by atoms with van der Waals surface area (Å²) in [5, 5.41) is 1.35. The van der Waals surface area contributed by atoms with E-state index in [1.807, 2.05) is 11.3 Å². The van der Waals surface area contributed by atoms with Gasteiger partial charge in [-0.3, -0.25) is 0 Å². The lowest BCUT2D eigenvalue weighted by Crippen LogP contribution is -2.21. The second-order valence-corrected chi connectivity index (χ2v) is 7.23. The zero-order valence-corrected chi connectivity index (χ0v) is 13.6. The number of hydrogen-bond donors (Lipinski definition) is 0. The maximum atomic E-state index is 2.58. The van der Waals surface area contributed by atoms with Crippen molar-refractivity contribution >= 4 is 21.4 Å². The van der Waals surface area contributed by atoms with E-state index in [-0.39, 0.29) is 0 Å². The minimum atomic E-state index is 1.17. The Morgan fingerprint density at radius 2 is 1.68 bits per heavy atom. The van der Waals surface area contributed by atoms with Gasteiger partial charge in [-0.25, -0.2) is 0 Å². The molecule has 112 valence electrons. The maximum Gasteiger partial charge on any atom is 0.0355 e. The molecule has 3 aromatic rings. The van der Waals surface area contributed by atoms with Gasteiger partial charge in [-0.05, 0) is 61.0 Å². The highest BCUT2D eigenvalue weighted by Crippen LogP contribution is 2.33. The van der Waals surface area contributed by atoms with Crippen LogP contribution in [0.25, 0.3) is 20.5 Å². The number of likely N-dealkylation sites (tertiary alicyclic amines) is 1. The van der Waals surface area contributed by atoms with Crippen LogP contribution in [-0.4, -0.2) is 24.5 Å². The van der Waals surface area contributed by atoms with E-state index in [1.54, 1.807) is 0 Å². The number of benzene rings is 2. The van der Waals surface area contributed by atoms with Crippen LogP contribution in [0.4, 0.5) is 0 Å². The van der Waals surface area contributed by atoms with Crippen LogP contribution in [0.1, 0.15) is 18.4 Å². The molecular weight excluding hydrogens is 286 g/mol. The van der Waals surface area contributed by atoms with Gasteiger partial charge in [0.1, 0.15) is 0 Å².